The van der Waals surface area contributed by atoms with E-state index in [1.54, 1.807) is 0 Å². The summed E-state index contributed by atoms with van der Waals surface area (Å²) in [5.74, 6) is 0.699. The number of likely N-dealkylation sites (N-methyl/N-ethyl adjacent to an activating group) is 1. The molecule has 2 aromatic rings. The zero-order valence-electron chi connectivity index (χ0n) is 15.4. The number of hydrogen-bond donors (Lipinski definition) is 1. The van der Waals surface area contributed by atoms with Gasteiger partial charge >= 0.3 is 0 Å². The Balaban J connectivity index is 1.78. The number of halogens is 2. The lowest BCUT2D eigenvalue weighted by molar-refractivity contribution is -0.253. The summed E-state index contributed by atoms with van der Waals surface area (Å²) in [6, 6.07) is 8.74. The average Bonchev–Trinajstić information content (AvgIpc) is 2.80. The summed E-state index contributed by atoms with van der Waals surface area (Å²) in [6.07, 6.45) is 5.94. The summed E-state index contributed by atoms with van der Waals surface area (Å²) >= 11 is 9.89. The van der Waals surface area contributed by atoms with Gasteiger partial charge in [0.1, 0.15) is 0 Å². The van der Waals surface area contributed by atoms with E-state index in [1.807, 2.05) is 12.3 Å². The number of aryl methyl sites for hydroxylation is 2. The summed E-state index contributed by atoms with van der Waals surface area (Å²) in [5.41, 5.74) is 5.19. The normalized spacial score (nSPS) is 25.6. The van der Waals surface area contributed by atoms with Gasteiger partial charge in [0.25, 0.3) is 0 Å². The van der Waals surface area contributed by atoms with Crippen LogP contribution in [0.15, 0.2) is 34.9 Å². The number of fused-ring (bicyclic) bond motifs is 2. The molecule has 3 unspecified atom stereocenters. The fourth-order valence-electron chi connectivity index (χ4n) is 4.74. The number of nitrogens with zero attached hydrogens (tertiary/aromatic N) is 2. The minimum atomic E-state index is 0.214. The Morgan fingerprint density at radius 2 is 2.11 bits per heavy atom. The van der Waals surface area contributed by atoms with Crippen LogP contribution in [0, 0.1) is 5.92 Å². The summed E-state index contributed by atoms with van der Waals surface area (Å²) in [7, 11) is 2.10. The van der Waals surface area contributed by atoms with Crippen LogP contribution in [0.25, 0.3) is 0 Å². The van der Waals surface area contributed by atoms with Gasteiger partial charge in [-0.05, 0) is 96.0 Å². The first-order valence-corrected chi connectivity index (χ1v) is 10.6. The maximum Gasteiger partial charge on any atom is 0.0974 e. The van der Waals surface area contributed by atoms with Crippen LogP contribution in [-0.2, 0) is 17.7 Å². The van der Waals surface area contributed by atoms with Crippen molar-refractivity contribution in [3.05, 3.63) is 62.3 Å². The van der Waals surface area contributed by atoms with Gasteiger partial charge in [0.2, 0.25) is 0 Å². The number of aromatic nitrogens is 1. The molecule has 144 valence electrons. The number of piperidine rings is 1. The van der Waals surface area contributed by atoms with Crippen molar-refractivity contribution in [1.29, 1.82) is 0 Å². The predicted octanol–water partition coefficient (Wildman–Crippen LogP) is 4.93. The lowest BCUT2D eigenvalue weighted by Crippen LogP contribution is -2.44. The first-order chi connectivity index (χ1) is 13.1. The molecule has 0 amide bonds. The number of hydrogen-bond acceptors (Lipinski definition) is 4. The van der Waals surface area contributed by atoms with Gasteiger partial charge in [-0.25, -0.2) is 4.89 Å². The molecular formula is C21H24BrClN2O2. The monoisotopic (exact) mass is 450 g/mol. The molecular weight excluding hydrogens is 428 g/mol. The summed E-state index contributed by atoms with van der Waals surface area (Å²) in [4.78, 5) is 11.7. The Hall–Kier alpha value is -0.980. The van der Waals surface area contributed by atoms with E-state index >= 15 is 0 Å². The summed E-state index contributed by atoms with van der Waals surface area (Å²) < 4.78 is 1.03. The molecule has 1 aliphatic heterocycles. The average molecular weight is 452 g/mol. The molecule has 0 saturated carbocycles. The van der Waals surface area contributed by atoms with Crippen LogP contribution in [0.2, 0.25) is 5.02 Å². The van der Waals surface area contributed by atoms with Gasteiger partial charge in [-0.2, -0.15) is 0 Å². The van der Waals surface area contributed by atoms with Crippen LogP contribution in [0.5, 0.6) is 0 Å². The Bertz CT molecular complexity index is 778. The van der Waals surface area contributed by atoms with Crippen LogP contribution in [0.1, 0.15) is 41.1 Å². The summed E-state index contributed by atoms with van der Waals surface area (Å²) in [5, 5.41) is 9.79. The van der Waals surface area contributed by atoms with Gasteiger partial charge in [0.15, 0.2) is 0 Å². The van der Waals surface area contributed by atoms with Crippen molar-refractivity contribution in [2.45, 2.75) is 37.6 Å². The third-order valence-corrected chi connectivity index (χ3v) is 6.82. The zero-order chi connectivity index (χ0) is 19.0. The van der Waals surface area contributed by atoms with Gasteiger partial charge in [-0.15, -0.1) is 0 Å². The minimum Gasteiger partial charge on any atom is -0.301 e. The molecule has 1 aromatic heterocycles. The smallest absolute Gasteiger partial charge is 0.0974 e. The Kier molecular flexibility index (Phi) is 5.86. The largest absolute Gasteiger partial charge is 0.301 e. The molecule has 1 fully saturated rings. The van der Waals surface area contributed by atoms with Crippen LogP contribution in [-0.4, -0.2) is 41.4 Å². The standard InChI is InChI=1S/C21H24BrClN2O2/c1-25-7-6-14(10-18(25)12-27-26)20-19-5-4-17(23)9-13(19)2-3-15-8-16(22)11-24-21(15)20/h4-5,8-9,11,14,18,20,26H,2-3,6-7,10,12H2,1H3. The molecule has 1 saturated heterocycles. The number of pyridine rings is 1. The van der Waals surface area contributed by atoms with Gasteiger partial charge in [0, 0.05) is 27.7 Å². The second kappa shape index (κ2) is 8.18. The third kappa shape index (κ3) is 3.94. The van der Waals surface area contributed by atoms with E-state index in [-0.39, 0.29) is 12.0 Å². The van der Waals surface area contributed by atoms with Crippen molar-refractivity contribution in [3.63, 3.8) is 0 Å². The highest BCUT2D eigenvalue weighted by atomic mass is 79.9. The molecule has 2 heterocycles. The highest BCUT2D eigenvalue weighted by molar-refractivity contribution is 9.10. The van der Waals surface area contributed by atoms with E-state index in [2.05, 4.69) is 51.0 Å². The SMILES string of the molecule is CN1CCC(C2c3ccc(Cl)cc3CCc3cc(Br)cnc32)CC1COO. The minimum absolute atomic E-state index is 0.214. The van der Waals surface area contributed by atoms with E-state index in [4.69, 9.17) is 21.8 Å². The van der Waals surface area contributed by atoms with Crippen molar-refractivity contribution >= 4 is 27.5 Å². The Morgan fingerprint density at radius 3 is 2.93 bits per heavy atom. The molecule has 2 aliphatic rings. The van der Waals surface area contributed by atoms with Gasteiger partial charge in [0.05, 0.1) is 12.3 Å². The van der Waals surface area contributed by atoms with Crippen molar-refractivity contribution in [3.8, 4) is 0 Å². The molecule has 4 rings (SSSR count). The fourth-order valence-corrected chi connectivity index (χ4v) is 5.32. The van der Waals surface area contributed by atoms with E-state index in [9.17, 15) is 0 Å². The Labute approximate surface area is 173 Å². The van der Waals surface area contributed by atoms with E-state index in [1.165, 1.54) is 22.4 Å². The zero-order valence-corrected chi connectivity index (χ0v) is 17.7. The number of benzene rings is 1. The van der Waals surface area contributed by atoms with Crippen LogP contribution < -0.4 is 0 Å². The molecule has 1 aliphatic carbocycles. The van der Waals surface area contributed by atoms with E-state index in [0.717, 1.165) is 41.7 Å². The quantitative estimate of drug-likeness (QED) is 0.531. The molecule has 27 heavy (non-hydrogen) atoms. The molecule has 0 spiro atoms. The van der Waals surface area contributed by atoms with Crippen LogP contribution >= 0.6 is 27.5 Å². The third-order valence-electron chi connectivity index (χ3n) is 6.16. The maximum absolute atomic E-state index is 9.00. The molecule has 0 bridgehead atoms. The van der Waals surface area contributed by atoms with Crippen molar-refractivity contribution in [2.75, 3.05) is 20.2 Å². The second-order valence-electron chi connectivity index (χ2n) is 7.73. The topological polar surface area (TPSA) is 45.6 Å². The van der Waals surface area contributed by atoms with Crippen LogP contribution in [0.3, 0.4) is 0 Å². The molecule has 1 aromatic carbocycles. The lowest BCUT2D eigenvalue weighted by atomic mass is 9.75. The fraction of sp³-hybridized carbons (Fsp3) is 0.476. The predicted molar refractivity (Wildman–Crippen MR) is 110 cm³/mol. The maximum atomic E-state index is 9.00. The van der Waals surface area contributed by atoms with Gasteiger partial charge < -0.3 is 4.90 Å². The molecule has 4 nitrogen and oxygen atoms in total. The Morgan fingerprint density at radius 1 is 1.30 bits per heavy atom. The highest BCUT2D eigenvalue weighted by Crippen LogP contribution is 2.44. The highest BCUT2D eigenvalue weighted by Gasteiger charge is 2.36. The van der Waals surface area contributed by atoms with Crippen LogP contribution in [0.4, 0.5) is 0 Å². The number of likely N-dealkylation sites (tertiary alicyclic amines) is 1. The van der Waals surface area contributed by atoms with Gasteiger partial charge in [-0.1, -0.05) is 17.7 Å². The lowest BCUT2D eigenvalue weighted by Gasteiger charge is -2.40. The van der Waals surface area contributed by atoms with E-state index < -0.39 is 0 Å². The molecule has 3 atom stereocenters. The van der Waals surface area contributed by atoms with E-state index in [0.29, 0.717) is 12.5 Å². The first-order valence-electron chi connectivity index (χ1n) is 9.46. The van der Waals surface area contributed by atoms with Crippen molar-refractivity contribution < 1.29 is 10.1 Å². The van der Waals surface area contributed by atoms with Gasteiger partial charge in [-0.3, -0.25) is 10.2 Å². The number of rotatable bonds is 3. The molecule has 6 heteroatoms. The molecule has 1 N–H and O–H groups in total. The first kappa shape index (κ1) is 19.3. The molecule has 0 radical (unpaired) electrons. The summed E-state index contributed by atoms with van der Waals surface area (Å²) in [6.45, 7) is 1.33. The second-order valence-corrected chi connectivity index (χ2v) is 9.09. The van der Waals surface area contributed by atoms with Crippen molar-refractivity contribution in [1.82, 2.24) is 9.88 Å². The van der Waals surface area contributed by atoms with Crippen molar-refractivity contribution in [2.24, 2.45) is 5.92 Å².